The van der Waals surface area contributed by atoms with Crippen molar-refractivity contribution in [2.24, 2.45) is 0 Å². The summed E-state index contributed by atoms with van der Waals surface area (Å²) in [6.07, 6.45) is 1.65. The number of nitro benzene ring substituents is 1. The molecule has 1 aliphatic heterocycles. The van der Waals surface area contributed by atoms with Gasteiger partial charge in [0.05, 0.1) is 43.2 Å². The van der Waals surface area contributed by atoms with Gasteiger partial charge in [0, 0.05) is 41.6 Å². The quantitative estimate of drug-likeness (QED) is 0.192. The summed E-state index contributed by atoms with van der Waals surface area (Å²) in [5.74, 6) is 0.827. The van der Waals surface area contributed by atoms with Crippen LogP contribution in [0.1, 0.15) is 28.2 Å². The molecule has 13 heteroatoms. The van der Waals surface area contributed by atoms with Crippen LogP contribution in [0.5, 0.6) is 11.5 Å². The Morgan fingerprint density at radius 1 is 1.10 bits per heavy atom. The maximum atomic E-state index is 13.9. The lowest BCUT2D eigenvalue weighted by Gasteiger charge is -2.28. The first-order chi connectivity index (χ1) is 20.1. The van der Waals surface area contributed by atoms with Gasteiger partial charge in [-0.25, -0.2) is 8.42 Å². The van der Waals surface area contributed by atoms with Crippen molar-refractivity contribution in [2.75, 3.05) is 40.5 Å². The Labute approximate surface area is 249 Å². The minimum atomic E-state index is -4.16. The van der Waals surface area contributed by atoms with Gasteiger partial charge in [-0.2, -0.15) is 4.31 Å². The number of thiophene rings is 1. The molecule has 0 N–H and O–H groups in total. The first kappa shape index (κ1) is 31.4. The van der Waals surface area contributed by atoms with E-state index in [0.29, 0.717) is 44.0 Å². The summed E-state index contributed by atoms with van der Waals surface area (Å²) in [6.45, 7) is 2.80. The first-order valence-electron chi connectivity index (χ1n) is 13.5. The second-order valence-electron chi connectivity index (χ2n) is 9.95. The van der Waals surface area contributed by atoms with Crippen LogP contribution in [-0.4, -0.2) is 75.0 Å². The van der Waals surface area contributed by atoms with Crippen LogP contribution in [-0.2, 0) is 32.5 Å². The Hall–Kier alpha value is -3.52. The highest BCUT2D eigenvalue weighted by molar-refractivity contribution is 7.89. The van der Waals surface area contributed by atoms with Gasteiger partial charge < -0.3 is 19.1 Å². The number of carbonyl (C=O) groups excluding carboxylic acids is 1. The fraction of sp³-hybridized carbons (Fsp3) is 0.414. The standard InChI is InChI=1S/C29H35N3O8S2/c1-21-6-10-25(41-21)19-30(15-14-22-7-13-27(38-2)28(17-22)39-3)29(33)20-31(18-24-5-4-16-40-24)42(36,37)26-11-8-23(9-12-26)32(34)35/h6-13,17,24H,4-5,14-16,18-20H2,1-3H3. The van der Waals surface area contributed by atoms with Crippen molar-refractivity contribution < 1.29 is 32.3 Å². The third-order valence-corrected chi connectivity index (χ3v) is 9.85. The molecular formula is C29H35N3O8S2. The molecule has 1 aromatic heterocycles. The first-order valence-corrected chi connectivity index (χ1v) is 15.8. The fourth-order valence-corrected chi connectivity index (χ4v) is 7.08. The van der Waals surface area contributed by atoms with E-state index in [2.05, 4.69) is 0 Å². The molecular weight excluding hydrogens is 582 g/mol. The molecule has 0 bridgehead atoms. The average Bonchev–Trinajstić information content (AvgIpc) is 3.66. The van der Waals surface area contributed by atoms with Gasteiger partial charge in [0.1, 0.15) is 0 Å². The number of benzene rings is 2. The van der Waals surface area contributed by atoms with Gasteiger partial charge in [-0.15, -0.1) is 11.3 Å². The lowest BCUT2D eigenvalue weighted by molar-refractivity contribution is -0.384. The van der Waals surface area contributed by atoms with Gasteiger partial charge in [-0.05, 0) is 68.1 Å². The Morgan fingerprint density at radius 3 is 2.43 bits per heavy atom. The maximum Gasteiger partial charge on any atom is 0.269 e. The third-order valence-electron chi connectivity index (χ3n) is 7.04. The highest BCUT2D eigenvalue weighted by atomic mass is 32.2. The zero-order valence-corrected chi connectivity index (χ0v) is 25.5. The van der Waals surface area contributed by atoms with Crippen molar-refractivity contribution in [3.05, 3.63) is 80.0 Å². The molecule has 0 saturated carbocycles. The molecule has 1 atom stereocenters. The summed E-state index contributed by atoms with van der Waals surface area (Å²) in [5, 5.41) is 11.1. The predicted octanol–water partition coefficient (Wildman–Crippen LogP) is 4.42. The van der Waals surface area contributed by atoms with Crippen LogP contribution < -0.4 is 9.47 Å². The van der Waals surface area contributed by atoms with Crippen molar-refractivity contribution in [3.8, 4) is 11.5 Å². The SMILES string of the molecule is COc1ccc(CCN(Cc2ccc(C)s2)C(=O)CN(CC2CCCO2)S(=O)(=O)c2ccc([N+](=O)[O-])cc2)cc1OC. The minimum absolute atomic E-state index is 0.00664. The van der Waals surface area contributed by atoms with Crippen molar-refractivity contribution >= 4 is 33.0 Å². The lowest BCUT2D eigenvalue weighted by atomic mass is 10.1. The number of carbonyl (C=O) groups is 1. The molecule has 1 amide bonds. The highest BCUT2D eigenvalue weighted by Crippen LogP contribution is 2.28. The van der Waals surface area contributed by atoms with Crippen LogP contribution in [0.2, 0.25) is 0 Å². The Bertz CT molecular complexity index is 1480. The molecule has 1 aliphatic rings. The van der Waals surface area contributed by atoms with E-state index in [1.807, 2.05) is 37.3 Å². The normalized spacial score (nSPS) is 15.1. The Morgan fingerprint density at radius 2 is 1.83 bits per heavy atom. The van der Waals surface area contributed by atoms with Gasteiger partial charge in [0.15, 0.2) is 11.5 Å². The monoisotopic (exact) mass is 617 g/mol. The lowest BCUT2D eigenvalue weighted by Crippen LogP contribution is -2.45. The van der Waals surface area contributed by atoms with Crippen LogP contribution in [0.15, 0.2) is 59.5 Å². The molecule has 0 aliphatic carbocycles. The molecule has 11 nitrogen and oxygen atoms in total. The molecule has 2 heterocycles. The molecule has 0 radical (unpaired) electrons. The fourth-order valence-electron chi connectivity index (χ4n) is 4.75. The maximum absolute atomic E-state index is 13.9. The van der Waals surface area contributed by atoms with Gasteiger partial charge in [0.25, 0.3) is 5.69 Å². The second kappa shape index (κ2) is 14.1. The van der Waals surface area contributed by atoms with Gasteiger partial charge in [0.2, 0.25) is 15.9 Å². The van der Waals surface area contributed by atoms with E-state index in [9.17, 15) is 23.3 Å². The number of rotatable bonds is 14. The van der Waals surface area contributed by atoms with E-state index in [4.69, 9.17) is 14.2 Å². The van der Waals surface area contributed by atoms with Crippen LogP contribution >= 0.6 is 11.3 Å². The third kappa shape index (κ3) is 7.85. The summed E-state index contributed by atoms with van der Waals surface area (Å²) in [5.41, 5.74) is 0.714. The summed E-state index contributed by atoms with van der Waals surface area (Å²) in [6, 6.07) is 14.2. The van der Waals surface area contributed by atoms with Gasteiger partial charge in [-0.1, -0.05) is 6.07 Å². The molecule has 226 valence electrons. The Balaban J connectivity index is 1.58. The number of nitro groups is 1. The van der Waals surface area contributed by atoms with E-state index < -0.39 is 21.5 Å². The number of non-ortho nitro benzene ring substituents is 1. The van der Waals surface area contributed by atoms with E-state index >= 15 is 0 Å². The van der Waals surface area contributed by atoms with Gasteiger partial charge >= 0.3 is 0 Å². The number of nitrogens with zero attached hydrogens (tertiary/aromatic N) is 3. The van der Waals surface area contributed by atoms with Gasteiger partial charge in [-0.3, -0.25) is 14.9 Å². The molecule has 2 aromatic carbocycles. The Kier molecular flexibility index (Phi) is 10.5. The van der Waals surface area contributed by atoms with Crippen molar-refractivity contribution in [1.29, 1.82) is 0 Å². The largest absolute Gasteiger partial charge is 0.493 e. The molecule has 1 saturated heterocycles. The summed E-state index contributed by atoms with van der Waals surface area (Å²) in [4.78, 5) is 28.0. The van der Waals surface area contributed by atoms with E-state index in [1.165, 1.54) is 12.1 Å². The zero-order valence-electron chi connectivity index (χ0n) is 23.9. The van der Waals surface area contributed by atoms with Crippen molar-refractivity contribution in [1.82, 2.24) is 9.21 Å². The van der Waals surface area contributed by atoms with Crippen LogP contribution in [0.4, 0.5) is 5.69 Å². The summed E-state index contributed by atoms with van der Waals surface area (Å²) < 4.78 is 45.1. The van der Waals surface area contributed by atoms with Crippen LogP contribution in [0.25, 0.3) is 0 Å². The second-order valence-corrected chi connectivity index (χ2v) is 13.3. The number of sulfonamides is 1. The van der Waals surface area contributed by atoms with E-state index in [0.717, 1.165) is 38.2 Å². The number of methoxy groups -OCH3 is 2. The topological polar surface area (TPSA) is 129 Å². The molecule has 1 unspecified atom stereocenters. The molecule has 1 fully saturated rings. The van der Waals surface area contributed by atoms with Crippen LogP contribution in [0.3, 0.4) is 0 Å². The molecule has 4 rings (SSSR count). The summed E-state index contributed by atoms with van der Waals surface area (Å²) in [7, 11) is -1.03. The van der Waals surface area contributed by atoms with E-state index in [1.54, 1.807) is 30.5 Å². The smallest absolute Gasteiger partial charge is 0.269 e. The van der Waals surface area contributed by atoms with E-state index in [-0.39, 0.29) is 29.1 Å². The van der Waals surface area contributed by atoms with Crippen molar-refractivity contribution in [3.63, 3.8) is 0 Å². The number of hydrogen-bond donors (Lipinski definition) is 0. The average molecular weight is 618 g/mol. The van der Waals surface area contributed by atoms with Crippen LogP contribution in [0, 0.1) is 17.0 Å². The summed E-state index contributed by atoms with van der Waals surface area (Å²) >= 11 is 1.58. The number of ether oxygens (including phenoxy) is 3. The number of amides is 1. The van der Waals surface area contributed by atoms with Crippen molar-refractivity contribution in [2.45, 2.75) is 43.7 Å². The number of hydrogen-bond acceptors (Lipinski definition) is 9. The minimum Gasteiger partial charge on any atom is -0.493 e. The number of aryl methyl sites for hydroxylation is 1. The molecule has 0 spiro atoms. The highest BCUT2D eigenvalue weighted by Gasteiger charge is 2.32. The molecule has 42 heavy (non-hydrogen) atoms. The predicted molar refractivity (Wildman–Crippen MR) is 159 cm³/mol. The zero-order chi connectivity index (χ0) is 30.3. The molecule has 3 aromatic rings.